The van der Waals surface area contributed by atoms with Crippen LogP contribution in [0.4, 0.5) is 0 Å². The van der Waals surface area contributed by atoms with Crippen molar-refractivity contribution in [1.82, 2.24) is 25.5 Å². The Balaban J connectivity index is 2.10. The van der Waals surface area contributed by atoms with Gasteiger partial charge in [-0.25, -0.2) is 4.98 Å². The van der Waals surface area contributed by atoms with Gasteiger partial charge in [-0.05, 0) is 6.42 Å². The van der Waals surface area contributed by atoms with E-state index in [0.29, 0.717) is 26.3 Å². The summed E-state index contributed by atoms with van der Waals surface area (Å²) in [6.07, 6.45) is 3.94. The fourth-order valence-electron chi connectivity index (χ4n) is 2.65. The minimum absolute atomic E-state index is 0.00615. The molecule has 1 aromatic heterocycles. The van der Waals surface area contributed by atoms with Gasteiger partial charge in [0.2, 0.25) is 11.8 Å². The number of carbonyl (C=O) groups excluding carboxylic acids is 3. The maximum Gasteiger partial charge on any atom is 0.475 e. The van der Waals surface area contributed by atoms with E-state index < -0.39 is 30.9 Å². The molecule has 152 valence electrons. The first-order valence-electron chi connectivity index (χ1n) is 9.01. The first-order valence-corrected chi connectivity index (χ1v) is 9.01. The Morgan fingerprint density at radius 2 is 1.96 bits per heavy atom. The Bertz CT molecular complexity index is 671. The lowest BCUT2D eigenvalue weighted by molar-refractivity contribution is -0.138. The summed E-state index contributed by atoms with van der Waals surface area (Å²) in [6.45, 7) is 3.28. The van der Waals surface area contributed by atoms with Crippen LogP contribution in [0.15, 0.2) is 18.6 Å². The number of ether oxygens (including phenoxy) is 1. The average Bonchev–Trinajstić information content (AvgIpc) is 2.72. The summed E-state index contributed by atoms with van der Waals surface area (Å²) in [4.78, 5) is 46.7. The predicted molar refractivity (Wildman–Crippen MR) is 97.7 cm³/mol. The second kappa shape index (κ2) is 10.7. The van der Waals surface area contributed by atoms with E-state index in [9.17, 15) is 24.4 Å². The van der Waals surface area contributed by atoms with Crippen LogP contribution in [0.5, 0.6) is 0 Å². The second-order valence-electron chi connectivity index (χ2n) is 6.25. The SMILES string of the molecule is CCC(NC(=O)C(CC(=O)N1CCOCC1)NC(=O)c1cnccn1)B(O)O. The topological polar surface area (TPSA) is 154 Å². The summed E-state index contributed by atoms with van der Waals surface area (Å²) in [5, 5.41) is 23.6. The van der Waals surface area contributed by atoms with E-state index in [1.54, 1.807) is 11.8 Å². The molecule has 0 aromatic carbocycles. The van der Waals surface area contributed by atoms with Crippen molar-refractivity contribution in [3.05, 3.63) is 24.3 Å². The van der Waals surface area contributed by atoms with Crippen LogP contribution in [-0.4, -0.2) is 88.0 Å². The third kappa shape index (κ3) is 6.25. The van der Waals surface area contributed by atoms with Gasteiger partial charge in [0.1, 0.15) is 11.7 Å². The van der Waals surface area contributed by atoms with Crippen molar-refractivity contribution in [2.75, 3.05) is 26.3 Å². The van der Waals surface area contributed by atoms with E-state index in [1.165, 1.54) is 18.6 Å². The molecule has 28 heavy (non-hydrogen) atoms. The zero-order valence-electron chi connectivity index (χ0n) is 15.6. The molecule has 1 aromatic rings. The summed E-state index contributed by atoms with van der Waals surface area (Å²) in [5.74, 6) is -2.61. The molecule has 12 heteroatoms. The summed E-state index contributed by atoms with van der Waals surface area (Å²) in [7, 11) is -1.76. The first kappa shape index (κ1) is 21.7. The van der Waals surface area contributed by atoms with Crippen LogP contribution in [0.1, 0.15) is 30.3 Å². The highest BCUT2D eigenvalue weighted by Crippen LogP contribution is 2.06. The molecule has 2 heterocycles. The monoisotopic (exact) mass is 393 g/mol. The first-order chi connectivity index (χ1) is 13.4. The van der Waals surface area contributed by atoms with Gasteiger partial charge in [0.25, 0.3) is 5.91 Å². The van der Waals surface area contributed by atoms with Gasteiger partial charge >= 0.3 is 7.12 Å². The maximum absolute atomic E-state index is 12.6. The Labute approximate surface area is 162 Å². The molecular weight excluding hydrogens is 369 g/mol. The van der Waals surface area contributed by atoms with Crippen molar-refractivity contribution < 1.29 is 29.2 Å². The minimum Gasteiger partial charge on any atom is -0.426 e. The molecule has 11 nitrogen and oxygen atoms in total. The van der Waals surface area contributed by atoms with Crippen molar-refractivity contribution >= 4 is 24.8 Å². The number of hydrogen-bond donors (Lipinski definition) is 4. The molecule has 0 spiro atoms. The van der Waals surface area contributed by atoms with Crippen LogP contribution in [0.25, 0.3) is 0 Å². The molecule has 1 aliphatic rings. The summed E-state index contributed by atoms with van der Waals surface area (Å²) in [5.41, 5.74) is -0.00615. The highest BCUT2D eigenvalue weighted by molar-refractivity contribution is 6.43. The molecule has 1 fully saturated rings. The Kier molecular flexibility index (Phi) is 8.29. The fourth-order valence-corrected chi connectivity index (χ4v) is 2.65. The normalized spacial score (nSPS) is 16.0. The molecule has 0 radical (unpaired) electrons. The number of aromatic nitrogens is 2. The van der Waals surface area contributed by atoms with Crippen molar-refractivity contribution in [2.45, 2.75) is 31.7 Å². The van der Waals surface area contributed by atoms with Gasteiger partial charge < -0.3 is 30.3 Å². The van der Waals surface area contributed by atoms with E-state index >= 15 is 0 Å². The summed E-state index contributed by atoms with van der Waals surface area (Å²) < 4.78 is 5.20. The average molecular weight is 393 g/mol. The van der Waals surface area contributed by atoms with Gasteiger partial charge in [0, 0.05) is 25.5 Å². The van der Waals surface area contributed by atoms with E-state index in [2.05, 4.69) is 20.6 Å². The van der Waals surface area contributed by atoms with Crippen LogP contribution in [-0.2, 0) is 14.3 Å². The molecule has 3 amide bonds. The molecule has 4 N–H and O–H groups in total. The van der Waals surface area contributed by atoms with Crippen LogP contribution < -0.4 is 10.6 Å². The zero-order valence-corrected chi connectivity index (χ0v) is 15.6. The van der Waals surface area contributed by atoms with Gasteiger partial charge in [-0.2, -0.15) is 0 Å². The minimum atomic E-state index is -1.76. The lowest BCUT2D eigenvalue weighted by atomic mass is 9.77. The molecule has 0 saturated carbocycles. The van der Waals surface area contributed by atoms with Gasteiger partial charge in [-0.15, -0.1) is 0 Å². The summed E-state index contributed by atoms with van der Waals surface area (Å²) >= 11 is 0. The molecule has 2 rings (SSSR count). The standard InChI is InChI=1S/C16H24BN5O6/c1-2-13(17(26)27)21-15(24)11(9-14(23)22-5-7-28-8-6-22)20-16(25)12-10-18-3-4-19-12/h3-4,10-11,13,26-27H,2,5-9H2,1H3,(H,20,25)(H,21,24). The van der Waals surface area contributed by atoms with Crippen LogP contribution in [0.3, 0.4) is 0 Å². The largest absolute Gasteiger partial charge is 0.475 e. The molecule has 1 saturated heterocycles. The number of hydrogen-bond acceptors (Lipinski definition) is 8. The number of nitrogens with one attached hydrogen (secondary N) is 2. The lowest BCUT2D eigenvalue weighted by Gasteiger charge is -2.29. The van der Waals surface area contributed by atoms with Crippen molar-refractivity contribution in [2.24, 2.45) is 0 Å². The van der Waals surface area contributed by atoms with E-state index in [4.69, 9.17) is 4.74 Å². The van der Waals surface area contributed by atoms with Gasteiger partial charge in [0.15, 0.2) is 0 Å². The Hall–Kier alpha value is -2.57. The van der Waals surface area contributed by atoms with Gasteiger partial charge in [-0.1, -0.05) is 6.92 Å². The number of rotatable bonds is 8. The number of amides is 3. The van der Waals surface area contributed by atoms with E-state index in [0.717, 1.165) is 0 Å². The lowest BCUT2D eigenvalue weighted by Crippen LogP contribution is -2.55. The van der Waals surface area contributed by atoms with E-state index in [-0.39, 0.29) is 24.4 Å². The second-order valence-corrected chi connectivity index (χ2v) is 6.25. The van der Waals surface area contributed by atoms with Crippen molar-refractivity contribution in [3.63, 3.8) is 0 Å². The Morgan fingerprint density at radius 1 is 1.25 bits per heavy atom. The van der Waals surface area contributed by atoms with Crippen LogP contribution in [0.2, 0.25) is 0 Å². The van der Waals surface area contributed by atoms with Crippen LogP contribution >= 0.6 is 0 Å². The molecule has 2 unspecified atom stereocenters. The predicted octanol–water partition coefficient (Wildman–Crippen LogP) is -2.27. The fraction of sp³-hybridized carbons (Fsp3) is 0.562. The summed E-state index contributed by atoms with van der Waals surface area (Å²) in [6, 6.07) is -1.21. The zero-order chi connectivity index (χ0) is 20.5. The molecule has 0 aliphatic carbocycles. The maximum atomic E-state index is 12.6. The number of morpholine rings is 1. The highest BCUT2D eigenvalue weighted by atomic mass is 16.5. The third-order valence-corrected chi connectivity index (χ3v) is 4.29. The van der Waals surface area contributed by atoms with Gasteiger partial charge in [-0.3, -0.25) is 19.4 Å². The number of carbonyl (C=O) groups is 3. The highest BCUT2D eigenvalue weighted by Gasteiger charge is 2.31. The van der Waals surface area contributed by atoms with Crippen LogP contribution in [0, 0.1) is 0 Å². The smallest absolute Gasteiger partial charge is 0.426 e. The molecule has 0 bridgehead atoms. The van der Waals surface area contributed by atoms with Crippen molar-refractivity contribution in [3.8, 4) is 0 Å². The van der Waals surface area contributed by atoms with E-state index in [1.807, 2.05) is 0 Å². The molecule has 2 atom stereocenters. The molecular formula is C16H24BN5O6. The quantitative estimate of drug-likeness (QED) is 0.361. The number of nitrogens with zero attached hydrogens (tertiary/aromatic N) is 3. The van der Waals surface area contributed by atoms with Gasteiger partial charge in [0.05, 0.1) is 31.8 Å². The third-order valence-electron chi connectivity index (χ3n) is 4.29. The van der Waals surface area contributed by atoms with Crippen molar-refractivity contribution in [1.29, 1.82) is 0 Å². The molecule has 1 aliphatic heterocycles. The Morgan fingerprint density at radius 3 is 2.54 bits per heavy atom.